The molecule has 0 unspecified atom stereocenters. The van der Waals surface area contributed by atoms with Crippen molar-refractivity contribution in [3.05, 3.63) is 64.4 Å². The highest BCUT2D eigenvalue weighted by molar-refractivity contribution is 6.30. The molecule has 0 fully saturated rings. The van der Waals surface area contributed by atoms with Gasteiger partial charge >= 0.3 is 0 Å². The van der Waals surface area contributed by atoms with Gasteiger partial charge in [0.25, 0.3) is 0 Å². The summed E-state index contributed by atoms with van der Waals surface area (Å²) in [5.74, 6) is 1.20. The average molecular weight is 300 g/mol. The zero-order chi connectivity index (χ0) is 15.0. The zero-order valence-electron chi connectivity index (χ0n) is 12.2. The van der Waals surface area contributed by atoms with Crippen LogP contribution in [0.15, 0.2) is 42.6 Å². The molecule has 4 heteroatoms. The van der Waals surface area contributed by atoms with Crippen molar-refractivity contribution in [3.8, 4) is 0 Å². The Bertz CT molecular complexity index is 773. The summed E-state index contributed by atoms with van der Waals surface area (Å²) in [5.41, 5.74) is 10.4. The molecule has 0 bridgehead atoms. The molecule has 21 heavy (non-hydrogen) atoms. The molecule has 0 aliphatic heterocycles. The Morgan fingerprint density at radius 1 is 1.14 bits per heavy atom. The van der Waals surface area contributed by atoms with Gasteiger partial charge in [0, 0.05) is 12.6 Å². The van der Waals surface area contributed by atoms with Crippen LogP contribution in [0.25, 0.3) is 5.65 Å². The summed E-state index contributed by atoms with van der Waals surface area (Å²) in [5, 5.41) is 0.652. The van der Waals surface area contributed by atoms with Crippen molar-refractivity contribution in [3.63, 3.8) is 0 Å². The number of imidazole rings is 1. The number of hydrogen-bond donors (Lipinski definition) is 1. The second kappa shape index (κ2) is 5.41. The van der Waals surface area contributed by atoms with Crippen molar-refractivity contribution in [2.75, 3.05) is 5.73 Å². The zero-order valence-corrected chi connectivity index (χ0v) is 12.9. The number of aromatic nitrogens is 2. The van der Waals surface area contributed by atoms with E-state index in [4.69, 9.17) is 17.3 Å². The highest BCUT2D eigenvalue weighted by atomic mass is 35.5. The molecule has 0 spiro atoms. The van der Waals surface area contributed by atoms with Crippen molar-refractivity contribution in [2.24, 2.45) is 0 Å². The fourth-order valence-corrected chi connectivity index (χ4v) is 2.59. The monoisotopic (exact) mass is 299 g/mol. The molecule has 0 radical (unpaired) electrons. The quantitative estimate of drug-likeness (QED) is 0.784. The van der Waals surface area contributed by atoms with E-state index >= 15 is 0 Å². The Kier molecular flexibility index (Phi) is 3.60. The van der Waals surface area contributed by atoms with E-state index in [0.717, 1.165) is 17.8 Å². The van der Waals surface area contributed by atoms with Gasteiger partial charge in [0.15, 0.2) is 0 Å². The molecule has 3 rings (SSSR count). The van der Waals surface area contributed by atoms with Crippen LogP contribution in [0.4, 0.5) is 5.82 Å². The molecule has 0 aliphatic carbocycles. The van der Waals surface area contributed by atoms with Gasteiger partial charge in [-0.15, -0.1) is 0 Å². The van der Waals surface area contributed by atoms with Crippen molar-refractivity contribution in [1.29, 1.82) is 0 Å². The number of rotatable bonds is 3. The minimum absolute atomic E-state index is 0.543. The second-order valence-corrected chi connectivity index (χ2v) is 6.03. The van der Waals surface area contributed by atoms with Crippen LogP contribution in [0.2, 0.25) is 5.02 Å². The van der Waals surface area contributed by atoms with Crippen LogP contribution in [-0.2, 0) is 6.42 Å². The second-order valence-electron chi connectivity index (χ2n) is 5.59. The van der Waals surface area contributed by atoms with Crippen LogP contribution in [0.1, 0.15) is 36.6 Å². The van der Waals surface area contributed by atoms with Crippen LogP contribution in [-0.4, -0.2) is 9.38 Å². The third-order valence-electron chi connectivity index (χ3n) is 3.71. The van der Waals surface area contributed by atoms with Crippen molar-refractivity contribution < 1.29 is 0 Å². The third-order valence-corrected chi connectivity index (χ3v) is 3.94. The first-order valence-electron chi connectivity index (χ1n) is 7.05. The first kappa shape index (κ1) is 14.0. The van der Waals surface area contributed by atoms with E-state index in [-0.39, 0.29) is 0 Å². The Morgan fingerprint density at radius 3 is 2.52 bits per heavy atom. The van der Waals surface area contributed by atoms with Gasteiger partial charge in [0.1, 0.15) is 11.5 Å². The summed E-state index contributed by atoms with van der Waals surface area (Å²) in [7, 11) is 0. The van der Waals surface area contributed by atoms with Gasteiger partial charge in [-0.3, -0.25) is 4.40 Å². The molecular weight excluding hydrogens is 282 g/mol. The summed E-state index contributed by atoms with van der Waals surface area (Å²) in [4.78, 5) is 4.59. The van der Waals surface area contributed by atoms with Gasteiger partial charge < -0.3 is 5.73 Å². The molecule has 0 atom stereocenters. The van der Waals surface area contributed by atoms with Crippen molar-refractivity contribution in [1.82, 2.24) is 9.38 Å². The summed E-state index contributed by atoms with van der Waals surface area (Å²) < 4.78 is 1.83. The molecule has 2 N–H and O–H groups in total. The number of hydrogen-bond acceptors (Lipinski definition) is 2. The predicted octanol–water partition coefficient (Wildman–Crippen LogP) is 4.28. The molecule has 3 aromatic rings. The molecule has 0 saturated carbocycles. The first-order chi connectivity index (χ1) is 10.0. The molecule has 3 nitrogen and oxygen atoms in total. The van der Waals surface area contributed by atoms with Gasteiger partial charge in [-0.25, -0.2) is 4.98 Å². The highest BCUT2D eigenvalue weighted by Gasteiger charge is 2.10. The lowest BCUT2D eigenvalue weighted by molar-refractivity contribution is 0.865. The minimum atomic E-state index is 0.543. The van der Waals surface area contributed by atoms with Gasteiger partial charge in [0.2, 0.25) is 0 Å². The fraction of sp³-hybridized carbons (Fsp3) is 0.235. The first-order valence-corrected chi connectivity index (χ1v) is 7.43. The normalized spacial score (nSPS) is 11.4. The van der Waals surface area contributed by atoms with Gasteiger partial charge in [-0.2, -0.15) is 0 Å². The van der Waals surface area contributed by atoms with Crippen LogP contribution in [0.5, 0.6) is 0 Å². The molecule has 2 heterocycles. The number of pyridine rings is 1. The lowest BCUT2D eigenvalue weighted by atomic mass is 10.0. The smallest absolute Gasteiger partial charge is 0.138 e. The molecule has 0 saturated heterocycles. The fourth-order valence-electron chi connectivity index (χ4n) is 2.43. The summed E-state index contributed by atoms with van der Waals surface area (Å²) >= 11 is 6.00. The van der Waals surface area contributed by atoms with Gasteiger partial charge in [-0.05, 0) is 29.2 Å². The maximum atomic E-state index is 6.18. The van der Waals surface area contributed by atoms with Crippen molar-refractivity contribution >= 4 is 23.1 Å². The van der Waals surface area contributed by atoms with E-state index in [9.17, 15) is 0 Å². The number of benzene rings is 1. The standard InChI is InChI=1S/C17H18ClN3/c1-11(2)13-5-3-12(4-6-13)9-15-17(19)21-10-14(18)7-8-16(21)20-15/h3-8,10-11H,9,19H2,1-2H3. The van der Waals surface area contributed by atoms with E-state index in [1.807, 2.05) is 16.5 Å². The lowest BCUT2D eigenvalue weighted by Crippen LogP contribution is -1.98. The Balaban J connectivity index is 1.92. The number of nitrogen functional groups attached to an aromatic ring is 1. The van der Waals surface area contributed by atoms with Crippen LogP contribution in [0.3, 0.4) is 0 Å². The molecule has 0 amide bonds. The average Bonchev–Trinajstić information content (AvgIpc) is 2.76. The lowest BCUT2D eigenvalue weighted by Gasteiger charge is -2.06. The molecule has 0 aliphatic rings. The number of halogens is 1. The molecular formula is C17H18ClN3. The number of fused-ring (bicyclic) bond motifs is 1. The SMILES string of the molecule is CC(C)c1ccc(Cc2nc3ccc(Cl)cn3c2N)cc1. The number of nitrogens with two attached hydrogens (primary N) is 1. The number of anilines is 1. The maximum Gasteiger partial charge on any atom is 0.138 e. The third kappa shape index (κ3) is 2.74. The summed E-state index contributed by atoms with van der Waals surface area (Å²) in [6.07, 6.45) is 2.52. The maximum absolute atomic E-state index is 6.18. The summed E-state index contributed by atoms with van der Waals surface area (Å²) in [6, 6.07) is 12.3. The van der Waals surface area contributed by atoms with Crippen molar-refractivity contribution in [2.45, 2.75) is 26.2 Å². The molecule has 108 valence electrons. The Hall–Kier alpha value is -2.00. The summed E-state index contributed by atoms with van der Waals surface area (Å²) in [6.45, 7) is 4.39. The molecule has 1 aromatic carbocycles. The number of nitrogens with zero attached hydrogens (tertiary/aromatic N) is 2. The predicted molar refractivity (Wildman–Crippen MR) is 88.0 cm³/mol. The van der Waals surface area contributed by atoms with E-state index in [2.05, 4.69) is 43.1 Å². The van der Waals surface area contributed by atoms with E-state index in [0.29, 0.717) is 16.8 Å². The topological polar surface area (TPSA) is 43.3 Å². The Labute approximate surface area is 129 Å². The van der Waals surface area contributed by atoms with Gasteiger partial charge in [0.05, 0.1) is 10.7 Å². The van der Waals surface area contributed by atoms with Crippen LogP contribution >= 0.6 is 11.6 Å². The van der Waals surface area contributed by atoms with E-state index < -0.39 is 0 Å². The highest BCUT2D eigenvalue weighted by Crippen LogP contribution is 2.22. The van der Waals surface area contributed by atoms with Crippen LogP contribution in [0, 0.1) is 0 Å². The van der Waals surface area contributed by atoms with E-state index in [1.54, 1.807) is 6.20 Å². The van der Waals surface area contributed by atoms with E-state index in [1.165, 1.54) is 11.1 Å². The van der Waals surface area contributed by atoms with Crippen LogP contribution < -0.4 is 5.73 Å². The minimum Gasteiger partial charge on any atom is -0.383 e. The molecule has 2 aromatic heterocycles. The largest absolute Gasteiger partial charge is 0.383 e. The van der Waals surface area contributed by atoms with Gasteiger partial charge in [-0.1, -0.05) is 49.7 Å². The Morgan fingerprint density at radius 2 is 1.86 bits per heavy atom.